The molecule has 474 valence electrons. The van der Waals surface area contributed by atoms with Crippen LogP contribution in [0.1, 0.15) is 184 Å². The zero-order chi connectivity index (χ0) is 61.2. The molecule has 2 aliphatic rings. The van der Waals surface area contributed by atoms with E-state index in [2.05, 4.69) is 16.0 Å². The van der Waals surface area contributed by atoms with Gasteiger partial charge >= 0.3 is 10.4 Å². The zero-order valence-corrected chi connectivity index (χ0v) is 49.5. The predicted molar refractivity (Wildman–Crippen MR) is 298 cm³/mol. The summed E-state index contributed by atoms with van der Waals surface area (Å²) >= 11 is 0. The summed E-state index contributed by atoms with van der Waals surface area (Å²) in [4.78, 5) is 22.7. The van der Waals surface area contributed by atoms with Gasteiger partial charge < -0.3 is 82.2 Å². The lowest BCUT2D eigenvalue weighted by molar-refractivity contribution is -0.368. The van der Waals surface area contributed by atoms with Crippen molar-refractivity contribution in [3.63, 3.8) is 0 Å². The molecule has 24 nitrogen and oxygen atoms in total. The Morgan fingerprint density at radius 3 is 1.75 bits per heavy atom. The first-order valence-corrected chi connectivity index (χ1v) is 30.2. The van der Waals surface area contributed by atoms with Crippen LogP contribution in [0.15, 0.2) is 16.6 Å². The van der Waals surface area contributed by atoms with Crippen LogP contribution in [0.2, 0.25) is 0 Å². The number of rotatable bonds is 9. The molecule has 80 heavy (non-hydrogen) atoms. The van der Waals surface area contributed by atoms with Crippen LogP contribution in [0.25, 0.3) is 0 Å². The highest BCUT2D eigenvalue weighted by atomic mass is 32.3. The fourth-order valence-corrected chi connectivity index (χ4v) is 11.2. The molecule has 0 bridgehead atoms. The molecule has 0 aromatic rings. The third-order valence-corrected chi connectivity index (χ3v) is 15.9. The maximum absolute atomic E-state index is 14.6. The number of hydrogen-bond donors (Lipinski definition) is 17. The average molecular weight is 1180 g/mol. The van der Waals surface area contributed by atoms with Gasteiger partial charge in [0.2, 0.25) is 6.29 Å². The number of ether oxygens (including phenoxy) is 2. The molecule has 0 aromatic heterocycles. The van der Waals surface area contributed by atoms with Gasteiger partial charge in [0.15, 0.2) is 12.2 Å². The predicted octanol–water partition coefficient (Wildman–Crippen LogP) is 2.65. The quantitative estimate of drug-likeness (QED) is 0.0300. The van der Waals surface area contributed by atoms with Crippen LogP contribution in [-0.4, -0.2) is 194 Å². The monoisotopic (exact) mass is 1180 g/mol. The number of carbonyl (C=O) groups is 1. The molecule has 1 aliphatic carbocycles. The minimum Gasteiger partial charge on any atom is -0.393 e. The lowest BCUT2D eigenvalue weighted by Gasteiger charge is -2.39. The van der Waals surface area contributed by atoms with Crippen LogP contribution < -0.4 is 11.5 Å². The Balaban J connectivity index is 0.00000610. The average Bonchev–Trinajstić information content (AvgIpc) is 3.60. The summed E-state index contributed by atoms with van der Waals surface area (Å²) in [7, 11) is -4.67. The topological polar surface area (TPSA) is 447 Å². The van der Waals surface area contributed by atoms with E-state index in [1.54, 1.807) is 6.92 Å². The Bertz CT molecular complexity index is 1850. The number of hydrogen-bond acceptors (Lipinski definition) is 20. The first-order chi connectivity index (χ1) is 37.0. The van der Waals surface area contributed by atoms with Crippen molar-refractivity contribution < 1.29 is 103 Å². The summed E-state index contributed by atoms with van der Waals surface area (Å²) in [5.41, 5.74) is 11.5. The molecule has 0 saturated carbocycles. The smallest absolute Gasteiger partial charge is 0.393 e. The molecule has 1 heterocycles. The molecular formula is C55H107N3O21S. The number of allylic oxidation sites excluding steroid dienone is 2. The molecule has 1 aliphatic heterocycles. The number of aliphatic hydroxyl groups is 12. The van der Waals surface area contributed by atoms with Gasteiger partial charge in [0.25, 0.3) is 0 Å². The Hall–Kier alpha value is -2.09. The maximum Gasteiger partial charge on any atom is 0.394 e. The number of carbonyl (C=O) groups excluding carboxylic acids is 1. The van der Waals surface area contributed by atoms with E-state index in [9.17, 15) is 66.1 Å². The van der Waals surface area contributed by atoms with Gasteiger partial charge in [-0.3, -0.25) is 18.9 Å². The second kappa shape index (κ2) is 38.1. The molecule has 2 rings (SSSR count). The van der Waals surface area contributed by atoms with E-state index < -0.39 is 120 Å². The van der Waals surface area contributed by atoms with E-state index in [0.717, 1.165) is 12.0 Å². The standard InChI is InChI=1S/C55H105N3O17.H2O4S/c1-31-14-9-10-15-38(61)26-39(62)27-40(63)28-41(64)29-45(67)47(73-52-50(70)51(71)53(74-52)75-72)25-34(4)43(65)19-12-18-36(59)16-11-17-37(60)22-21-32(2)49(69)48(55(6,7)8)46(68)30-42(33(3)24-31)35(5)44(66)20-13-23-58-54(56)57;1-5(2,3)4/h24,32-45,47-53,59-67,69-72H,9-23,25-30H2,1-8H3,(H4,56,57,58);(H2,1,2,3,4)/b31-24+;. The molecule has 19 N–H and O–H groups in total. The number of aliphatic imine (C=N–C) groups is 1. The maximum atomic E-state index is 14.6. The minimum absolute atomic E-state index is 0.0162. The lowest BCUT2D eigenvalue weighted by atomic mass is 9.67. The number of nitrogens with zero attached hydrogens (tertiary/aromatic N) is 1. The Morgan fingerprint density at radius 2 is 1.21 bits per heavy atom. The van der Waals surface area contributed by atoms with Gasteiger partial charge in [-0.15, -0.1) is 0 Å². The van der Waals surface area contributed by atoms with Gasteiger partial charge in [-0.2, -0.15) is 8.42 Å². The highest BCUT2D eigenvalue weighted by Gasteiger charge is 2.47. The van der Waals surface area contributed by atoms with E-state index >= 15 is 0 Å². The number of nitrogens with two attached hydrogens (primary N) is 2. The minimum atomic E-state index is -4.67. The van der Waals surface area contributed by atoms with E-state index in [4.69, 9.17) is 43.7 Å². The van der Waals surface area contributed by atoms with Gasteiger partial charge in [-0.1, -0.05) is 66.5 Å². The second-order valence-electron chi connectivity index (χ2n) is 24.4. The molecule has 1 fully saturated rings. The Kier molecular flexibility index (Phi) is 36.1. The summed E-state index contributed by atoms with van der Waals surface area (Å²) < 4.78 is 42.8. The van der Waals surface area contributed by atoms with Gasteiger partial charge in [0.1, 0.15) is 18.0 Å². The van der Waals surface area contributed by atoms with Gasteiger partial charge in [0, 0.05) is 25.3 Å². The zero-order valence-electron chi connectivity index (χ0n) is 48.7. The molecule has 0 aromatic carbocycles. The number of Topliss-reactive ketones (excluding diaryl/α,β-unsaturated/α-hetero) is 1. The first-order valence-electron chi connectivity index (χ1n) is 28.8. The van der Waals surface area contributed by atoms with Gasteiger partial charge in [0.05, 0.1) is 67.1 Å². The molecule has 21 atom stereocenters. The molecule has 0 spiro atoms. The van der Waals surface area contributed by atoms with Crippen molar-refractivity contribution in [1.82, 2.24) is 0 Å². The van der Waals surface area contributed by atoms with E-state index in [-0.39, 0.29) is 80.4 Å². The van der Waals surface area contributed by atoms with Crippen molar-refractivity contribution in [3.05, 3.63) is 11.6 Å². The highest BCUT2D eigenvalue weighted by molar-refractivity contribution is 7.79. The van der Waals surface area contributed by atoms with Crippen LogP contribution in [0.5, 0.6) is 0 Å². The SMILES string of the molecule is C/C1=C\C(C)C(C(C)C(O)CCCN=C(N)N)CC(=O)C(C(C)(C)C)C(O)C(C)CCC(O)CCCC(O)CCCC(O)C(C)CC(OC2OC(OO)C(O)C2O)C(O)CC(O)CC(O)CC(O)CC(O)CCCC1.O=S(=O)(O)O. The highest BCUT2D eigenvalue weighted by Crippen LogP contribution is 2.39. The Labute approximate surface area is 475 Å². The fourth-order valence-electron chi connectivity index (χ4n) is 11.2. The van der Waals surface area contributed by atoms with Crippen molar-refractivity contribution in [1.29, 1.82) is 0 Å². The van der Waals surface area contributed by atoms with Gasteiger partial charge in [-0.25, -0.2) is 10.1 Å². The largest absolute Gasteiger partial charge is 0.394 e. The van der Waals surface area contributed by atoms with Crippen molar-refractivity contribution in [2.45, 2.75) is 276 Å². The molecule has 21 unspecified atom stereocenters. The summed E-state index contributed by atoms with van der Waals surface area (Å²) in [5.74, 6) is -2.42. The second-order valence-corrected chi connectivity index (χ2v) is 25.3. The van der Waals surface area contributed by atoms with Crippen LogP contribution in [0.4, 0.5) is 0 Å². The number of aliphatic hydroxyl groups excluding tert-OH is 12. The molecule has 0 amide bonds. The van der Waals surface area contributed by atoms with Crippen LogP contribution in [0, 0.1) is 40.9 Å². The van der Waals surface area contributed by atoms with Crippen LogP contribution in [-0.2, 0) is 29.6 Å². The van der Waals surface area contributed by atoms with Crippen molar-refractivity contribution in [2.75, 3.05) is 6.54 Å². The van der Waals surface area contributed by atoms with E-state index in [0.29, 0.717) is 83.6 Å². The van der Waals surface area contributed by atoms with Gasteiger partial charge in [-0.05, 0) is 151 Å². The molecular weight excluding hydrogens is 1070 g/mol. The molecule has 1 saturated heterocycles. The van der Waals surface area contributed by atoms with E-state index in [1.807, 2.05) is 48.5 Å². The fraction of sp³-hybridized carbons (Fsp3) is 0.927. The number of ketones is 1. The van der Waals surface area contributed by atoms with Crippen molar-refractivity contribution in [3.8, 4) is 0 Å². The third-order valence-electron chi connectivity index (χ3n) is 15.9. The van der Waals surface area contributed by atoms with E-state index in [1.165, 1.54) is 0 Å². The molecule has 0 radical (unpaired) electrons. The van der Waals surface area contributed by atoms with Crippen LogP contribution in [0.3, 0.4) is 0 Å². The first kappa shape index (κ1) is 75.9. The number of guanidine groups is 1. The third kappa shape index (κ3) is 31.2. The lowest BCUT2D eigenvalue weighted by Crippen LogP contribution is -2.43. The van der Waals surface area contributed by atoms with Crippen molar-refractivity contribution >= 4 is 22.1 Å². The summed E-state index contributed by atoms with van der Waals surface area (Å²) in [6.45, 7) is 15.8. The Morgan fingerprint density at radius 1 is 0.700 bits per heavy atom. The molecule has 25 heteroatoms. The summed E-state index contributed by atoms with van der Waals surface area (Å²) in [5, 5.41) is 141. The summed E-state index contributed by atoms with van der Waals surface area (Å²) in [6, 6.07) is 0. The normalized spacial score (nSPS) is 37.7. The summed E-state index contributed by atoms with van der Waals surface area (Å²) in [6.07, 6.45) is -9.57. The van der Waals surface area contributed by atoms with Crippen LogP contribution >= 0.6 is 0 Å². The van der Waals surface area contributed by atoms with Crippen molar-refractivity contribution in [2.24, 2.45) is 57.4 Å².